The smallest absolute Gasteiger partial charge is 0.254 e. The van der Waals surface area contributed by atoms with Crippen LogP contribution in [-0.2, 0) is 0 Å². The highest BCUT2D eigenvalue weighted by Crippen LogP contribution is 2.21. The van der Waals surface area contributed by atoms with Crippen molar-refractivity contribution in [1.29, 1.82) is 0 Å². The topological polar surface area (TPSA) is 46.3 Å². The highest BCUT2D eigenvalue weighted by Gasteiger charge is 2.28. The number of nitrogens with zero attached hydrogens (tertiary/aromatic N) is 1. The van der Waals surface area contributed by atoms with Gasteiger partial charge in [0.15, 0.2) is 0 Å². The Balaban J connectivity index is 2.13. The summed E-state index contributed by atoms with van der Waals surface area (Å²) < 4.78 is 0. The second-order valence-electron chi connectivity index (χ2n) is 5.31. The molecule has 0 radical (unpaired) electrons. The van der Waals surface area contributed by atoms with E-state index in [0.717, 1.165) is 24.9 Å². The third kappa shape index (κ3) is 2.56. The van der Waals surface area contributed by atoms with Gasteiger partial charge >= 0.3 is 0 Å². The number of carbonyl (C=O) groups is 1. The molecule has 0 aliphatic carbocycles. The lowest BCUT2D eigenvalue weighted by Crippen LogP contribution is -2.39. The maximum atomic E-state index is 12.4. The van der Waals surface area contributed by atoms with Crippen LogP contribution < -0.4 is 5.73 Å². The van der Waals surface area contributed by atoms with E-state index in [-0.39, 0.29) is 11.9 Å². The van der Waals surface area contributed by atoms with E-state index in [2.05, 4.69) is 13.8 Å². The maximum Gasteiger partial charge on any atom is 0.254 e. The minimum Gasteiger partial charge on any atom is -0.334 e. The van der Waals surface area contributed by atoms with Gasteiger partial charge in [0.25, 0.3) is 5.91 Å². The second-order valence-corrected chi connectivity index (χ2v) is 5.31. The lowest BCUT2D eigenvalue weighted by atomic mass is 10.0. The van der Waals surface area contributed by atoms with E-state index in [4.69, 9.17) is 5.73 Å². The molecule has 3 heteroatoms. The van der Waals surface area contributed by atoms with Gasteiger partial charge in [-0.25, -0.2) is 0 Å². The summed E-state index contributed by atoms with van der Waals surface area (Å²) in [5.74, 6) is 0.621. The van der Waals surface area contributed by atoms with Crippen LogP contribution in [-0.4, -0.2) is 29.9 Å². The summed E-state index contributed by atoms with van der Waals surface area (Å²) in [6.07, 6.45) is 2.10. The van der Waals surface area contributed by atoms with Crippen LogP contribution >= 0.6 is 0 Å². The lowest BCUT2D eigenvalue weighted by molar-refractivity contribution is 0.0741. The number of rotatable bonds is 3. The van der Waals surface area contributed by atoms with Crippen LogP contribution in [0.15, 0.2) is 24.3 Å². The standard InChI is InChI=1S/C15H22N2O/c1-11(2)12-5-7-13(8-6-12)15(18)17-9-3-4-14(17)10-16/h5-8,11,14H,3-4,9-10,16H2,1-2H3. The van der Waals surface area contributed by atoms with Gasteiger partial charge in [0.1, 0.15) is 0 Å². The van der Waals surface area contributed by atoms with E-state index in [1.165, 1.54) is 5.56 Å². The van der Waals surface area contributed by atoms with Crippen LogP contribution in [0, 0.1) is 0 Å². The van der Waals surface area contributed by atoms with Gasteiger partial charge in [0.2, 0.25) is 0 Å². The van der Waals surface area contributed by atoms with Gasteiger partial charge in [0, 0.05) is 24.7 Å². The molecular formula is C15H22N2O. The molecule has 3 nitrogen and oxygen atoms in total. The van der Waals surface area contributed by atoms with Crippen LogP contribution in [0.4, 0.5) is 0 Å². The fraction of sp³-hybridized carbons (Fsp3) is 0.533. The summed E-state index contributed by atoms with van der Waals surface area (Å²) in [6, 6.07) is 8.19. The van der Waals surface area contributed by atoms with E-state index in [1.807, 2.05) is 29.2 Å². The van der Waals surface area contributed by atoms with Crippen molar-refractivity contribution in [3.8, 4) is 0 Å². The third-order valence-electron chi connectivity index (χ3n) is 3.73. The van der Waals surface area contributed by atoms with E-state index in [1.54, 1.807) is 0 Å². The summed E-state index contributed by atoms with van der Waals surface area (Å²) in [5, 5.41) is 0. The molecule has 1 aromatic carbocycles. The zero-order chi connectivity index (χ0) is 13.1. The molecule has 2 rings (SSSR count). The summed E-state index contributed by atoms with van der Waals surface area (Å²) in [4.78, 5) is 14.3. The van der Waals surface area contributed by atoms with Gasteiger partial charge in [-0.05, 0) is 36.5 Å². The average molecular weight is 246 g/mol. The SMILES string of the molecule is CC(C)c1ccc(C(=O)N2CCCC2CN)cc1. The van der Waals surface area contributed by atoms with Crippen molar-refractivity contribution < 1.29 is 4.79 Å². The zero-order valence-electron chi connectivity index (χ0n) is 11.2. The number of amides is 1. The summed E-state index contributed by atoms with van der Waals surface area (Å²) >= 11 is 0. The van der Waals surface area contributed by atoms with Crippen LogP contribution in [0.3, 0.4) is 0 Å². The second kappa shape index (κ2) is 5.53. The molecule has 0 saturated carbocycles. The fourth-order valence-electron chi connectivity index (χ4n) is 2.52. The first-order valence-corrected chi connectivity index (χ1v) is 6.74. The number of likely N-dealkylation sites (tertiary alicyclic amines) is 1. The summed E-state index contributed by atoms with van der Waals surface area (Å²) in [6.45, 7) is 5.71. The molecule has 1 aliphatic heterocycles. The van der Waals surface area contributed by atoms with Gasteiger partial charge in [-0.3, -0.25) is 4.79 Å². The van der Waals surface area contributed by atoms with Crippen LogP contribution in [0.1, 0.15) is 48.5 Å². The van der Waals surface area contributed by atoms with Crippen molar-refractivity contribution in [2.24, 2.45) is 5.73 Å². The molecule has 1 atom stereocenters. The van der Waals surface area contributed by atoms with Crippen LogP contribution in [0.25, 0.3) is 0 Å². The van der Waals surface area contributed by atoms with Gasteiger partial charge in [-0.2, -0.15) is 0 Å². The number of hydrogen-bond donors (Lipinski definition) is 1. The molecule has 0 bridgehead atoms. The van der Waals surface area contributed by atoms with Crippen molar-refractivity contribution in [2.45, 2.75) is 38.6 Å². The molecule has 1 saturated heterocycles. The average Bonchev–Trinajstić information content (AvgIpc) is 2.86. The molecule has 0 aromatic heterocycles. The van der Waals surface area contributed by atoms with Gasteiger partial charge in [-0.15, -0.1) is 0 Å². The third-order valence-corrected chi connectivity index (χ3v) is 3.73. The Hall–Kier alpha value is -1.35. The number of carbonyl (C=O) groups excluding carboxylic acids is 1. The number of benzene rings is 1. The first kappa shape index (κ1) is 13.1. The van der Waals surface area contributed by atoms with E-state index in [9.17, 15) is 4.79 Å². The van der Waals surface area contributed by atoms with Crippen molar-refractivity contribution in [2.75, 3.05) is 13.1 Å². The van der Waals surface area contributed by atoms with Crippen molar-refractivity contribution >= 4 is 5.91 Å². The fourth-order valence-corrected chi connectivity index (χ4v) is 2.52. The normalized spacial score (nSPS) is 19.6. The predicted octanol–water partition coefficient (Wildman–Crippen LogP) is 2.37. The molecule has 1 heterocycles. The molecule has 1 aliphatic rings. The van der Waals surface area contributed by atoms with E-state index >= 15 is 0 Å². The molecule has 2 N–H and O–H groups in total. The Morgan fingerprint density at radius 2 is 2.06 bits per heavy atom. The van der Waals surface area contributed by atoms with Crippen LogP contribution in [0.2, 0.25) is 0 Å². The minimum atomic E-state index is 0.123. The predicted molar refractivity (Wildman–Crippen MR) is 73.6 cm³/mol. The number of nitrogens with two attached hydrogens (primary N) is 1. The van der Waals surface area contributed by atoms with Gasteiger partial charge in [-0.1, -0.05) is 26.0 Å². The molecule has 1 fully saturated rings. The molecular weight excluding hydrogens is 224 g/mol. The Labute approximate surface area is 109 Å². The first-order valence-electron chi connectivity index (χ1n) is 6.74. The monoisotopic (exact) mass is 246 g/mol. The Bertz CT molecular complexity index is 411. The highest BCUT2D eigenvalue weighted by atomic mass is 16.2. The van der Waals surface area contributed by atoms with Gasteiger partial charge < -0.3 is 10.6 Å². The van der Waals surface area contributed by atoms with Gasteiger partial charge in [0.05, 0.1) is 0 Å². The van der Waals surface area contributed by atoms with Crippen LogP contribution in [0.5, 0.6) is 0 Å². The van der Waals surface area contributed by atoms with E-state index in [0.29, 0.717) is 12.5 Å². The Morgan fingerprint density at radius 3 is 2.61 bits per heavy atom. The largest absolute Gasteiger partial charge is 0.334 e. The van der Waals surface area contributed by atoms with Crippen molar-refractivity contribution in [3.63, 3.8) is 0 Å². The quantitative estimate of drug-likeness (QED) is 0.890. The molecule has 0 spiro atoms. The van der Waals surface area contributed by atoms with Crippen molar-refractivity contribution in [3.05, 3.63) is 35.4 Å². The lowest BCUT2D eigenvalue weighted by Gasteiger charge is -2.23. The summed E-state index contributed by atoms with van der Waals surface area (Å²) in [5.41, 5.74) is 7.75. The molecule has 18 heavy (non-hydrogen) atoms. The molecule has 1 aromatic rings. The summed E-state index contributed by atoms with van der Waals surface area (Å²) in [7, 11) is 0. The molecule has 1 unspecified atom stereocenters. The maximum absolute atomic E-state index is 12.4. The Kier molecular flexibility index (Phi) is 4.02. The molecule has 98 valence electrons. The number of hydrogen-bond acceptors (Lipinski definition) is 2. The van der Waals surface area contributed by atoms with Crippen molar-refractivity contribution in [1.82, 2.24) is 4.90 Å². The van der Waals surface area contributed by atoms with E-state index < -0.39 is 0 Å². The minimum absolute atomic E-state index is 0.123. The molecule has 1 amide bonds. The highest BCUT2D eigenvalue weighted by molar-refractivity contribution is 5.94. The zero-order valence-corrected chi connectivity index (χ0v) is 11.2. The first-order chi connectivity index (χ1) is 8.63. The Morgan fingerprint density at radius 1 is 1.39 bits per heavy atom.